The van der Waals surface area contributed by atoms with Crippen molar-refractivity contribution in [3.63, 3.8) is 0 Å². The first kappa shape index (κ1) is 12.9. The first-order valence-corrected chi connectivity index (χ1v) is 6.95. The molecule has 1 aromatic heterocycles. The van der Waals surface area contributed by atoms with Crippen molar-refractivity contribution < 1.29 is 8.78 Å². The molecule has 0 atom stereocenters. The number of nitrogens with zero attached hydrogens (tertiary/aromatic N) is 4. The Morgan fingerprint density at radius 3 is 2.95 bits per heavy atom. The maximum atomic E-state index is 13.8. The van der Waals surface area contributed by atoms with Gasteiger partial charge in [0, 0.05) is 30.6 Å². The minimum absolute atomic E-state index is 0.106. The number of hydrogen-bond donors (Lipinski definition) is 0. The van der Waals surface area contributed by atoms with Gasteiger partial charge >= 0.3 is 0 Å². The predicted octanol–water partition coefficient (Wildman–Crippen LogP) is 2.66. The van der Waals surface area contributed by atoms with Gasteiger partial charge in [0.1, 0.15) is 29.2 Å². The van der Waals surface area contributed by atoms with Gasteiger partial charge in [0.05, 0.1) is 5.56 Å². The molecule has 0 fully saturated rings. The fourth-order valence-electron chi connectivity index (χ4n) is 2.15. The second-order valence-corrected chi connectivity index (χ2v) is 5.23. The van der Waals surface area contributed by atoms with Gasteiger partial charge in [-0.2, -0.15) is 9.64 Å². The number of hydrogen-bond acceptors (Lipinski definition) is 4. The average molecular weight is 292 g/mol. The molecule has 0 amide bonds. The van der Waals surface area contributed by atoms with E-state index in [4.69, 9.17) is 5.26 Å². The molecule has 20 heavy (non-hydrogen) atoms. The Balaban J connectivity index is 2.11. The number of halogens is 2. The summed E-state index contributed by atoms with van der Waals surface area (Å²) in [5, 5.41) is 8.65. The lowest BCUT2D eigenvalue weighted by Crippen LogP contribution is -2.21. The van der Waals surface area contributed by atoms with Crippen LogP contribution in [-0.2, 0) is 13.0 Å². The molecule has 0 N–H and O–H groups in total. The number of nitriles is 1. The van der Waals surface area contributed by atoms with Crippen LogP contribution >= 0.6 is 11.5 Å². The standard InChI is InChI=1S/C13H10F2N4S/c14-9-6-11(10(15)5-8(9)7-16)17-13-19-4-2-1-3-12(19)18-20-13/h5-6H,1-4H2/b17-13-. The maximum absolute atomic E-state index is 13.8. The van der Waals surface area contributed by atoms with Gasteiger partial charge in [0.15, 0.2) is 0 Å². The van der Waals surface area contributed by atoms with E-state index in [9.17, 15) is 8.78 Å². The highest BCUT2D eigenvalue weighted by Crippen LogP contribution is 2.21. The third-order valence-corrected chi connectivity index (χ3v) is 3.96. The lowest BCUT2D eigenvalue weighted by molar-refractivity contribution is 0.509. The van der Waals surface area contributed by atoms with Crippen LogP contribution in [0.2, 0.25) is 0 Å². The molecule has 0 spiro atoms. The zero-order valence-corrected chi connectivity index (χ0v) is 11.3. The maximum Gasteiger partial charge on any atom is 0.209 e. The highest BCUT2D eigenvalue weighted by molar-refractivity contribution is 7.02. The molecule has 0 radical (unpaired) electrons. The smallest absolute Gasteiger partial charge is 0.209 e. The van der Waals surface area contributed by atoms with Gasteiger partial charge in [-0.1, -0.05) is 0 Å². The van der Waals surface area contributed by atoms with Crippen molar-refractivity contribution in [3.05, 3.63) is 40.0 Å². The Bertz CT molecular complexity index is 770. The molecular formula is C13H10F2N4S. The number of rotatable bonds is 1. The SMILES string of the molecule is N#Cc1cc(F)c(/N=c2\snc3n2CCCC3)cc1F. The van der Waals surface area contributed by atoms with E-state index in [1.54, 1.807) is 6.07 Å². The molecule has 0 aliphatic carbocycles. The first-order chi connectivity index (χ1) is 9.69. The van der Waals surface area contributed by atoms with Gasteiger partial charge in [-0.05, 0) is 18.9 Å². The van der Waals surface area contributed by atoms with Crippen LogP contribution in [0, 0.1) is 23.0 Å². The molecule has 4 nitrogen and oxygen atoms in total. The third-order valence-electron chi connectivity index (χ3n) is 3.18. The molecule has 3 rings (SSSR count). The summed E-state index contributed by atoms with van der Waals surface area (Å²) < 4.78 is 33.5. The molecule has 0 saturated heterocycles. The molecule has 2 aromatic rings. The fraction of sp³-hybridized carbons (Fsp3) is 0.308. The second kappa shape index (κ2) is 5.13. The average Bonchev–Trinajstić information content (AvgIpc) is 2.86. The zero-order valence-electron chi connectivity index (χ0n) is 10.4. The summed E-state index contributed by atoms with van der Waals surface area (Å²) in [5.41, 5.74) is -0.425. The van der Waals surface area contributed by atoms with Gasteiger partial charge in [-0.3, -0.25) is 0 Å². The first-order valence-electron chi connectivity index (χ1n) is 6.18. The van der Waals surface area contributed by atoms with Crippen molar-refractivity contribution in [2.24, 2.45) is 4.99 Å². The van der Waals surface area contributed by atoms with E-state index in [1.165, 1.54) is 11.5 Å². The van der Waals surface area contributed by atoms with Crippen molar-refractivity contribution in [1.29, 1.82) is 5.26 Å². The van der Waals surface area contributed by atoms with Crippen LogP contribution in [0.5, 0.6) is 0 Å². The minimum Gasteiger partial charge on any atom is -0.304 e. The molecule has 1 aliphatic heterocycles. The van der Waals surface area contributed by atoms with E-state index in [2.05, 4.69) is 9.37 Å². The lowest BCUT2D eigenvalue weighted by atomic mass is 10.2. The van der Waals surface area contributed by atoms with Crippen LogP contribution in [0.25, 0.3) is 0 Å². The summed E-state index contributed by atoms with van der Waals surface area (Å²) in [6, 6.07) is 3.42. The Hall–Kier alpha value is -2.07. The fourth-order valence-corrected chi connectivity index (χ4v) is 2.96. The van der Waals surface area contributed by atoms with Crippen molar-refractivity contribution in [2.45, 2.75) is 25.8 Å². The monoisotopic (exact) mass is 292 g/mol. The van der Waals surface area contributed by atoms with E-state index in [0.717, 1.165) is 43.8 Å². The number of aromatic nitrogens is 2. The molecule has 2 heterocycles. The summed E-state index contributed by atoms with van der Waals surface area (Å²) in [6.45, 7) is 0.797. The Kier molecular flexibility index (Phi) is 3.32. The molecule has 1 aromatic carbocycles. The zero-order chi connectivity index (χ0) is 14.1. The second-order valence-electron chi connectivity index (χ2n) is 4.50. The predicted molar refractivity (Wildman–Crippen MR) is 69.3 cm³/mol. The van der Waals surface area contributed by atoms with Crippen LogP contribution < -0.4 is 4.80 Å². The van der Waals surface area contributed by atoms with Crippen molar-refractivity contribution in [2.75, 3.05) is 0 Å². The Morgan fingerprint density at radius 1 is 1.30 bits per heavy atom. The topological polar surface area (TPSA) is 54.0 Å². The third kappa shape index (κ3) is 2.23. The molecular weight excluding hydrogens is 282 g/mol. The molecule has 1 aliphatic rings. The van der Waals surface area contributed by atoms with Crippen molar-refractivity contribution in [1.82, 2.24) is 8.94 Å². The van der Waals surface area contributed by atoms with Crippen molar-refractivity contribution >= 4 is 17.2 Å². The Labute approximate surface area is 117 Å². The quantitative estimate of drug-likeness (QED) is 0.811. The molecule has 0 bridgehead atoms. The van der Waals surface area contributed by atoms with Gasteiger partial charge in [-0.25, -0.2) is 13.8 Å². The van der Waals surface area contributed by atoms with Crippen molar-refractivity contribution in [3.8, 4) is 6.07 Å². The van der Waals surface area contributed by atoms with Crippen LogP contribution in [0.1, 0.15) is 24.2 Å². The number of aryl methyl sites for hydroxylation is 1. The van der Waals surface area contributed by atoms with Gasteiger partial charge in [0.2, 0.25) is 4.80 Å². The highest BCUT2D eigenvalue weighted by atomic mass is 32.1. The van der Waals surface area contributed by atoms with E-state index in [-0.39, 0.29) is 11.3 Å². The lowest BCUT2D eigenvalue weighted by Gasteiger charge is -2.11. The van der Waals surface area contributed by atoms with E-state index < -0.39 is 11.6 Å². The summed E-state index contributed by atoms with van der Waals surface area (Å²) in [6.07, 6.45) is 3.00. The minimum atomic E-state index is -0.768. The van der Waals surface area contributed by atoms with Crippen LogP contribution in [0.3, 0.4) is 0 Å². The summed E-state index contributed by atoms with van der Waals surface area (Å²) in [5.74, 6) is -0.535. The highest BCUT2D eigenvalue weighted by Gasteiger charge is 2.14. The summed E-state index contributed by atoms with van der Waals surface area (Å²) in [7, 11) is 0. The largest absolute Gasteiger partial charge is 0.304 e. The van der Waals surface area contributed by atoms with Gasteiger partial charge in [0.25, 0.3) is 0 Å². The molecule has 0 saturated carbocycles. The van der Waals surface area contributed by atoms with E-state index in [1.807, 2.05) is 4.57 Å². The number of benzene rings is 1. The number of fused-ring (bicyclic) bond motifs is 1. The summed E-state index contributed by atoms with van der Waals surface area (Å²) in [4.78, 5) is 4.70. The Morgan fingerprint density at radius 2 is 2.15 bits per heavy atom. The van der Waals surface area contributed by atoms with E-state index in [0.29, 0.717) is 4.80 Å². The molecule has 0 unspecified atom stereocenters. The summed E-state index contributed by atoms with van der Waals surface area (Å²) >= 11 is 1.18. The normalized spacial score (nSPS) is 14.9. The van der Waals surface area contributed by atoms with Gasteiger partial charge < -0.3 is 4.57 Å². The van der Waals surface area contributed by atoms with Crippen LogP contribution in [-0.4, -0.2) is 8.94 Å². The van der Waals surface area contributed by atoms with Gasteiger partial charge in [-0.15, -0.1) is 0 Å². The molecule has 7 heteroatoms. The van der Waals surface area contributed by atoms with Crippen LogP contribution in [0.15, 0.2) is 17.1 Å². The molecule has 102 valence electrons. The van der Waals surface area contributed by atoms with Crippen LogP contribution in [0.4, 0.5) is 14.5 Å². The van der Waals surface area contributed by atoms with E-state index >= 15 is 0 Å².